The molecular weight excluding hydrogens is 300 g/mol. The first-order valence-electron chi connectivity index (χ1n) is 7.46. The number of fused-ring (bicyclic) bond motifs is 1. The molecule has 1 fully saturated rings. The Balaban J connectivity index is 1.89. The number of hydrogen-bond acceptors (Lipinski definition) is 3. The fraction of sp³-hybridized carbons (Fsp3) is 0.412. The number of aliphatic carboxylic acids is 1. The van der Waals surface area contributed by atoms with Crippen LogP contribution in [0.5, 0.6) is 0 Å². The number of rotatable bonds is 3. The molecule has 1 saturated heterocycles. The zero-order valence-electron chi connectivity index (χ0n) is 12.7. The number of halogens is 1. The summed E-state index contributed by atoms with van der Waals surface area (Å²) in [5.41, 5.74) is 2.79. The standard InChI is InChI=1S/C17H19ClN2O2/c1-10-7-20(8-13(10)17(21)22)9-15-16(18)11(2)12-5-3-4-6-14(12)19-15/h3-6,10,13H,7-9H2,1-2H3,(H,21,22)/t10-,13-/m1/s1. The highest BCUT2D eigenvalue weighted by atomic mass is 35.5. The number of para-hydroxylation sites is 1. The molecule has 0 aliphatic carbocycles. The summed E-state index contributed by atoms with van der Waals surface area (Å²) in [6.45, 7) is 5.90. The molecule has 0 unspecified atom stereocenters. The molecule has 1 aromatic heterocycles. The lowest BCUT2D eigenvalue weighted by Crippen LogP contribution is -2.23. The summed E-state index contributed by atoms with van der Waals surface area (Å²) in [6.07, 6.45) is 0. The van der Waals surface area contributed by atoms with E-state index in [1.165, 1.54) is 0 Å². The van der Waals surface area contributed by atoms with Gasteiger partial charge in [-0.25, -0.2) is 4.98 Å². The third-order valence-electron chi connectivity index (χ3n) is 4.52. The van der Waals surface area contributed by atoms with Crippen LogP contribution in [0.4, 0.5) is 0 Å². The zero-order chi connectivity index (χ0) is 15.9. The fourth-order valence-corrected chi connectivity index (χ4v) is 3.46. The van der Waals surface area contributed by atoms with Crippen LogP contribution in [0.3, 0.4) is 0 Å². The van der Waals surface area contributed by atoms with Gasteiger partial charge in [0.1, 0.15) is 0 Å². The maximum absolute atomic E-state index is 11.2. The number of nitrogens with zero attached hydrogens (tertiary/aromatic N) is 2. The number of carbonyl (C=O) groups is 1. The number of aromatic nitrogens is 1. The smallest absolute Gasteiger partial charge is 0.308 e. The van der Waals surface area contributed by atoms with Gasteiger partial charge < -0.3 is 5.11 Å². The van der Waals surface area contributed by atoms with Crippen molar-refractivity contribution in [2.75, 3.05) is 13.1 Å². The Bertz CT molecular complexity index is 732. The predicted octanol–water partition coefficient (Wildman–Crippen LogP) is 3.35. The van der Waals surface area contributed by atoms with Crippen LogP contribution in [0.1, 0.15) is 18.2 Å². The first-order chi connectivity index (χ1) is 10.5. The molecule has 0 saturated carbocycles. The number of carboxylic acid groups (broad SMARTS) is 1. The van der Waals surface area contributed by atoms with Gasteiger partial charge in [0.15, 0.2) is 0 Å². The van der Waals surface area contributed by atoms with Crippen molar-refractivity contribution in [2.45, 2.75) is 20.4 Å². The molecule has 0 bridgehead atoms. The van der Waals surface area contributed by atoms with Gasteiger partial charge in [-0.3, -0.25) is 9.69 Å². The third kappa shape index (κ3) is 2.69. The van der Waals surface area contributed by atoms with Crippen LogP contribution >= 0.6 is 11.6 Å². The number of carboxylic acids is 1. The van der Waals surface area contributed by atoms with Crippen LogP contribution in [0.2, 0.25) is 5.02 Å². The van der Waals surface area contributed by atoms with Crippen LogP contribution < -0.4 is 0 Å². The highest BCUT2D eigenvalue weighted by Gasteiger charge is 2.35. The van der Waals surface area contributed by atoms with Gasteiger partial charge >= 0.3 is 5.97 Å². The van der Waals surface area contributed by atoms with E-state index in [-0.39, 0.29) is 11.8 Å². The van der Waals surface area contributed by atoms with E-state index in [1.807, 2.05) is 38.1 Å². The van der Waals surface area contributed by atoms with Crippen LogP contribution in [-0.2, 0) is 11.3 Å². The Labute approximate surface area is 134 Å². The minimum atomic E-state index is -0.719. The first-order valence-corrected chi connectivity index (χ1v) is 7.84. The van der Waals surface area contributed by atoms with Gasteiger partial charge in [-0.15, -0.1) is 0 Å². The van der Waals surface area contributed by atoms with E-state index in [2.05, 4.69) is 9.88 Å². The molecule has 116 valence electrons. The van der Waals surface area contributed by atoms with Crippen molar-refractivity contribution in [3.8, 4) is 0 Å². The maximum Gasteiger partial charge on any atom is 0.308 e. The van der Waals surface area contributed by atoms with Crippen molar-refractivity contribution in [3.05, 3.63) is 40.5 Å². The zero-order valence-corrected chi connectivity index (χ0v) is 13.5. The average Bonchev–Trinajstić information content (AvgIpc) is 2.85. The van der Waals surface area contributed by atoms with Crippen LogP contribution in [0, 0.1) is 18.8 Å². The molecule has 2 atom stereocenters. The summed E-state index contributed by atoms with van der Waals surface area (Å²) in [7, 11) is 0. The van der Waals surface area contributed by atoms with E-state index in [0.29, 0.717) is 18.1 Å². The lowest BCUT2D eigenvalue weighted by molar-refractivity contribution is -0.142. The number of pyridine rings is 1. The molecule has 1 aliphatic heterocycles. The Morgan fingerprint density at radius 2 is 2.14 bits per heavy atom. The molecule has 2 aromatic rings. The number of likely N-dealkylation sites (tertiary alicyclic amines) is 1. The predicted molar refractivity (Wildman–Crippen MR) is 87.1 cm³/mol. The Kier molecular flexibility index (Phi) is 4.06. The lowest BCUT2D eigenvalue weighted by Gasteiger charge is -2.17. The van der Waals surface area contributed by atoms with Crippen molar-refractivity contribution >= 4 is 28.5 Å². The quantitative estimate of drug-likeness (QED) is 0.943. The number of aryl methyl sites for hydroxylation is 1. The molecule has 5 heteroatoms. The summed E-state index contributed by atoms with van der Waals surface area (Å²) >= 11 is 6.48. The van der Waals surface area contributed by atoms with Gasteiger partial charge in [0, 0.05) is 25.0 Å². The molecule has 4 nitrogen and oxygen atoms in total. The largest absolute Gasteiger partial charge is 0.481 e. The minimum absolute atomic E-state index is 0.151. The topological polar surface area (TPSA) is 53.4 Å². The van der Waals surface area contributed by atoms with Gasteiger partial charge in [0.05, 0.1) is 22.2 Å². The fourth-order valence-electron chi connectivity index (χ4n) is 3.25. The highest BCUT2D eigenvalue weighted by molar-refractivity contribution is 6.32. The van der Waals surface area contributed by atoms with Crippen molar-refractivity contribution in [1.82, 2.24) is 9.88 Å². The Morgan fingerprint density at radius 3 is 2.82 bits per heavy atom. The lowest BCUT2D eigenvalue weighted by atomic mass is 9.99. The molecule has 0 spiro atoms. The Hall–Kier alpha value is -1.65. The third-order valence-corrected chi connectivity index (χ3v) is 5.03. The molecule has 1 N–H and O–H groups in total. The first kappa shape index (κ1) is 15.3. The number of hydrogen-bond donors (Lipinski definition) is 1. The van der Waals surface area contributed by atoms with Gasteiger partial charge in [-0.2, -0.15) is 0 Å². The summed E-state index contributed by atoms with van der Waals surface area (Å²) < 4.78 is 0. The van der Waals surface area contributed by atoms with Crippen molar-refractivity contribution in [3.63, 3.8) is 0 Å². The Morgan fingerprint density at radius 1 is 1.41 bits per heavy atom. The normalized spacial score (nSPS) is 22.3. The van der Waals surface area contributed by atoms with Crippen LogP contribution in [0.15, 0.2) is 24.3 Å². The summed E-state index contributed by atoms with van der Waals surface area (Å²) in [4.78, 5) is 18.0. The van der Waals surface area contributed by atoms with Gasteiger partial charge in [-0.05, 0) is 24.5 Å². The highest BCUT2D eigenvalue weighted by Crippen LogP contribution is 2.30. The van der Waals surface area contributed by atoms with E-state index in [4.69, 9.17) is 11.6 Å². The van der Waals surface area contributed by atoms with Crippen LogP contribution in [-0.4, -0.2) is 34.0 Å². The second kappa shape index (κ2) is 5.86. The van der Waals surface area contributed by atoms with E-state index in [0.717, 1.165) is 28.7 Å². The van der Waals surface area contributed by atoms with E-state index < -0.39 is 5.97 Å². The molecule has 2 heterocycles. The molecule has 3 rings (SSSR count). The summed E-state index contributed by atoms with van der Waals surface area (Å²) in [5, 5.41) is 11.0. The summed E-state index contributed by atoms with van der Waals surface area (Å²) in [5.74, 6) is -0.873. The molecule has 1 aliphatic rings. The molecule has 1 aromatic carbocycles. The van der Waals surface area contributed by atoms with E-state index in [9.17, 15) is 9.90 Å². The van der Waals surface area contributed by atoms with Gasteiger partial charge in [0.25, 0.3) is 0 Å². The molecular formula is C17H19ClN2O2. The van der Waals surface area contributed by atoms with Crippen LogP contribution in [0.25, 0.3) is 10.9 Å². The van der Waals surface area contributed by atoms with Crippen molar-refractivity contribution in [2.24, 2.45) is 11.8 Å². The molecule has 0 radical (unpaired) electrons. The van der Waals surface area contributed by atoms with E-state index in [1.54, 1.807) is 0 Å². The maximum atomic E-state index is 11.2. The average molecular weight is 319 g/mol. The van der Waals surface area contributed by atoms with Crippen molar-refractivity contribution in [1.29, 1.82) is 0 Å². The second-order valence-electron chi connectivity index (χ2n) is 6.13. The monoisotopic (exact) mass is 318 g/mol. The summed E-state index contributed by atoms with van der Waals surface area (Å²) in [6, 6.07) is 7.94. The molecule has 22 heavy (non-hydrogen) atoms. The number of benzene rings is 1. The van der Waals surface area contributed by atoms with Gasteiger partial charge in [-0.1, -0.05) is 36.7 Å². The SMILES string of the molecule is Cc1c(Cl)c(CN2C[C@@H](C)[C@H](C(=O)O)C2)nc2ccccc12. The van der Waals surface area contributed by atoms with Gasteiger partial charge in [0.2, 0.25) is 0 Å². The van der Waals surface area contributed by atoms with E-state index >= 15 is 0 Å². The van der Waals surface area contributed by atoms with Crippen molar-refractivity contribution < 1.29 is 9.90 Å². The second-order valence-corrected chi connectivity index (χ2v) is 6.51. The minimum Gasteiger partial charge on any atom is -0.481 e. The molecule has 0 amide bonds.